The third-order valence-electron chi connectivity index (χ3n) is 3.24. The molecule has 1 aromatic carbocycles. The van der Waals surface area contributed by atoms with Crippen molar-refractivity contribution >= 4 is 0 Å². The van der Waals surface area contributed by atoms with Gasteiger partial charge in [0.1, 0.15) is 0 Å². The molecule has 1 N–H and O–H groups in total. The van der Waals surface area contributed by atoms with Crippen LogP contribution in [0.5, 0.6) is 0 Å². The van der Waals surface area contributed by atoms with Gasteiger partial charge < -0.3 is 5.11 Å². The highest BCUT2D eigenvalue weighted by Gasteiger charge is 2.18. The van der Waals surface area contributed by atoms with Crippen LogP contribution in [0.25, 0.3) is 5.69 Å². The van der Waals surface area contributed by atoms with Crippen LogP contribution in [0.15, 0.2) is 30.3 Å². The zero-order valence-corrected chi connectivity index (χ0v) is 12.1. The molecule has 102 valence electrons. The van der Waals surface area contributed by atoms with E-state index in [1.54, 1.807) is 0 Å². The molecule has 0 spiro atoms. The summed E-state index contributed by atoms with van der Waals surface area (Å²) < 4.78 is 1.98. The lowest BCUT2D eigenvalue weighted by molar-refractivity contribution is 0.299. The van der Waals surface area contributed by atoms with Crippen molar-refractivity contribution < 1.29 is 5.11 Å². The first-order valence-corrected chi connectivity index (χ1v) is 6.69. The first-order chi connectivity index (χ1) is 8.91. The molecule has 0 saturated heterocycles. The van der Waals surface area contributed by atoms with E-state index in [1.807, 2.05) is 16.8 Å². The van der Waals surface area contributed by atoms with Crippen LogP contribution in [0.4, 0.5) is 0 Å². The van der Waals surface area contributed by atoms with Gasteiger partial charge in [-0.15, -0.1) is 0 Å². The molecule has 0 fully saturated rings. The smallest absolute Gasteiger partial charge is 0.0685 e. The highest BCUT2D eigenvalue weighted by atomic mass is 16.2. The molecule has 0 saturated carbocycles. The minimum absolute atomic E-state index is 0.0623. The van der Waals surface area contributed by atoms with Gasteiger partial charge in [-0.05, 0) is 37.1 Å². The molecule has 0 atom stereocenters. The van der Waals surface area contributed by atoms with Gasteiger partial charge in [-0.2, -0.15) is 5.10 Å². The Morgan fingerprint density at radius 2 is 1.79 bits per heavy atom. The van der Waals surface area contributed by atoms with Gasteiger partial charge in [0.15, 0.2) is 0 Å². The molecule has 0 aliphatic carbocycles. The second-order valence-corrected chi connectivity index (χ2v) is 5.97. The van der Waals surface area contributed by atoms with Crippen molar-refractivity contribution in [2.75, 3.05) is 6.61 Å². The molecule has 3 nitrogen and oxygen atoms in total. The van der Waals surface area contributed by atoms with Crippen LogP contribution in [-0.2, 0) is 11.8 Å². The quantitative estimate of drug-likeness (QED) is 0.919. The molecule has 0 radical (unpaired) electrons. The molecule has 1 aromatic heterocycles. The first kappa shape index (κ1) is 13.8. The van der Waals surface area contributed by atoms with Crippen molar-refractivity contribution in [3.8, 4) is 5.69 Å². The summed E-state index contributed by atoms with van der Waals surface area (Å²) in [6.07, 6.45) is 0.700. The summed E-state index contributed by atoms with van der Waals surface area (Å²) in [5.41, 5.74) is 4.51. The summed E-state index contributed by atoms with van der Waals surface area (Å²) in [7, 11) is 0. The Morgan fingerprint density at radius 3 is 2.26 bits per heavy atom. The van der Waals surface area contributed by atoms with Crippen LogP contribution in [0.3, 0.4) is 0 Å². The Kier molecular flexibility index (Phi) is 3.76. The Labute approximate surface area is 114 Å². The Morgan fingerprint density at radius 1 is 1.16 bits per heavy atom. The largest absolute Gasteiger partial charge is 0.396 e. The standard InChI is InChI=1S/C16H22N2O/c1-12-11-15(16(2,3)4)17-18(12)14-7-5-13(6-8-14)9-10-19/h5-8,11,19H,9-10H2,1-4H3. The molecule has 0 unspecified atom stereocenters. The van der Waals surface area contributed by atoms with E-state index < -0.39 is 0 Å². The summed E-state index contributed by atoms with van der Waals surface area (Å²) in [4.78, 5) is 0. The van der Waals surface area contributed by atoms with Crippen molar-refractivity contribution in [1.29, 1.82) is 0 Å². The maximum atomic E-state index is 8.93. The fraction of sp³-hybridized carbons (Fsp3) is 0.438. The van der Waals surface area contributed by atoms with Crippen LogP contribution in [0.1, 0.15) is 37.7 Å². The molecule has 0 bridgehead atoms. The summed E-state index contributed by atoms with van der Waals surface area (Å²) >= 11 is 0. The minimum Gasteiger partial charge on any atom is -0.396 e. The molecule has 0 amide bonds. The zero-order chi connectivity index (χ0) is 14.0. The summed E-state index contributed by atoms with van der Waals surface area (Å²) in [6, 6.07) is 10.3. The first-order valence-electron chi connectivity index (χ1n) is 6.69. The number of hydrogen-bond acceptors (Lipinski definition) is 2. The van der Waals surface area contributed by atoms with E-state index in [0.717, 1.165) is 22.6 Å². The highest BCUT2D eigenvalue weighted by Crippen LogP contribution is 2.23. The van der Waals surface area contributed by atoms with Crippen LogP contribution >= 0.6 is 0 Å². The Hall–Kier alpha value is -1.61. The number of aliphatic hydroxyl groups excluding tert-OH is 1. The number of rotatable bonds is 3. The van der Waals surface area contributed by atoms with Crippen molar-refractivity contribution in [1.82, 2.24) is 9.78 Å². The van der Waals surface area contributed by atoms with E-state index in [4.69, 9.17) is 10.2 Å². The molecule has 19 heavy (non-hydrogen) atoms. The number of hydrogen-bond donors (Lipinski definition) is 1. The second-order valence-electron chi connectivity index (χ2n) is 5.97. The average molecular weight is 258 g/mol. The highest BCUT2D eigenvalue weighted by molar-refractivity contribution is 5.36. The molecular weight excluding hydrogens is 236 g/mol. The lowest BCUT2D eigenvalue weighted by atomic mass is 9.92. The van der Waals surface area contributed by atoms with Gasteiger partial charge in [0.25, 0.3) is 0 Å². The number of aromatic nitrogens is 2. The van der Waals surface area contributed by atoms with Crippen molar-refractivity contribution in [3.63, 3.8) is 0 Å². The van der Waals surface area contributed by atoms with E-state index >= 15 is 0 Å². The monoisotopic (exact) mass is 258 g/mol. The zero-order valence-electron chi connectivity index (χ0n) is 12.1. The third-order valence-corrected chi connectivity index (χ3v) is 3.24. The van der Waals surface area contributed by atoms with Gasteiger partial charge in [0.2, 0.25) is 0 Å². The summed E-state index contributed by atoms with van der Waals surface area (Å²) in [5.74, 6) is 0. The molecular formula is C16H22N2O. The average Bonchev–Trinajstić information content (AvgIpc) is 2.73. The lowest BCUT2D eigenvalue weighted by Gasteiger charge is -2.14. The van der Waals surface area contributed by atoms with Gasteiger partial charge in [-0.1, -0.05) is 32.9 Å². The van der Waals surface area contributed by atoms with Crippen LogP contribution in [0, 0.1) is 6.92 Å². The van der Waals surface area contributed by atoms with Gasteiger partial charge in [0.05, 0.1) is 11.4 Å². The molecule has 3 heteroatoms. The Balaban J connectivity index is 2.34. The fourth-order valence-corrected chi connectivity index (χ4v) is 2.04. The van der Waals surface area contributed by atoms with E-state index in [1.165, 1.54) is 0 Å². The summed E-state index contributed by atoms with van der Waals surface area (Å²) in [5, 5.41) is 13.6. The third kappa shape index (κ3) is 3.04. The number of aryl methyl sites for hydroxylation is 1. The van der Waals surface area contributed by atoms with E-state index in [0.29, 0.717) is 6.42 Å². The minimum atomic E-state index is 0.0623. The van der Waals surface area contributed by atoms with E-state index in [9.17, 15) is 0 Å². The number of benzene rings is 1. The lowest BCUT2D eigenvalue weighted by Crippen LogP contribution is -2.12. The predicted octanol–water partition coefficient (Wildman–Crippen LogP) is 3.01. The van der Waals surface area contributed by atoms with Crippen molar-refractivity contribution in [3.05, 3.63) is 47.3 Å². The van der Waals surface area contributed by atoms with E-state index in [2.05, 4.69) is 45.9 Å². The fourth-order valence-electron chi connectivity index (χ4n) is 2.04. The van der Waals surface area contributed by atoms with Gasteiger partial charge >= 0.3 is 0 Å². The van der Waals surface area contributed by atoms with Crippen LogP contribution in [0.2, 0.25) is 0 Å². The van der Waals surface area contributed by atoms with Crippen LogP contribution in [-0.4, -0.2) is 21.5 Å². The molecule has 0 aliphatic rings. The van der Waals surface area contributed by atoms with Gasteiger partial charge in [0, 0.05) is 17.7 Å². The second kappa shape index (κ2) is 5.17. The van der Waals surface area contributed by atoms with Crippen molar-refractivity contribution in [2.24, 2.45) is 0 Å². The Bertz CT molecular complexity index is 547. The summed E-state index contributed by atoms with van der Waals surface area (Å²) in [6.45, 7) is 8.77. The normalized spacial score (nSPS) is 11.8. The maximum Gasteiger partial charge on any atom is 0.0685 e. The predicted molar refractivity (Wildman–Crippen MR) is 77.8 cm³/mol. The number of nitrogens with zero attached hydrogens (tertiary/aromatic N) is 2. The van der Waals surface area contributed by atoms with E-state index in [-0.39, 0.29) is 12.0 Å². The molecule has 1 heterocycles. The number of aliphatic hydroxyl groups is 1. The van der Waals surface area contributed by atoms with Crippen LogP contribution < -0.4 is 0 Å². The molecule has 2 aromatic rings. The SMILES string of the molecule is Cc1cc(C(C)(C)C)nn1-c1ccc(CCO)cc1. The van der Waals surface area contributed by atoms with Gasteiger partial charge in [-0.3, -0.25) is 0 Å². The topological polar surface area (TPSA) is 38.0 Å². The maximum absolute atomic E-state index is 8.93. The van der Waals surface area contributed by atoms with Gasteiger partial charge in [-0.25, -0.2) is 4.68 Å². The molecule has 0 aliphatic heterocycles. The molecule has 2 rings (SSSR count). The van der Waals surface area contributed by atoms with Crippen molar-refractivity contribution in [2.45, 2.75) is 39.5 Å².